The van der Waals surface area contributed by atoms with Crippen molar-refractivity contribution in [3.05, 3.63) is 23.8 Å². The van der Waals surface area contributed by atoms with Crippen LogP contribution in [0.4, 0.5) is 0 Å². The Morgan fingerprint density at radius 1 is 1.27 bits per heavy atom. The van der Waals surface area contributed by atoms with Gasteiger partial charge in [-0.3, -0.25) is 4.79 Å². The van der Waals surface area contributed by atoms with Crippen LogP contribution in [0.2, 0.25) is 0 Å². The predicted molar refractivity (Wildman–Crippen MR) is 87.2 cm³/mol. The van der Waals surface area contributed by atoms with E-state index in [0.717, 1.165) is 32.5 Å². The second-order valence-electron chi connectivity index (χ2n) is 5.72. The fourth-order valence-electron chi connectivity index (χ4n) is 3.38. The largest absolute Gasteiger partial charge is 0.497 e. The van der Waals surface area contributed by atoms with Crippen molar-refractivity contribution in [2.24, 2.45) is 5.92 Å². The number of nitrogens with one attached hydrogen (secondary N) is 1. The number of carbonyl (C=O) groups is 1. The summed E-state index contributed by atoms with van der Waals surface area (Å²) in [6.07, 6.45) is 2.19. The van der Waals surface area contributed by atoms with Crippen LogP contribution in [0.25, 0.3) is 0 Å². The monoisotopic (exact) mass is 326 g/mol. The van der Waals surface area contributed by atoms with E-state index in [-0.39, 0.29) is 18.3 Å². The predicted octanol–water partition coefficient (Wildman–Crippen LogP) is 1.95. The summed E-state index contributed by atoms with van der Waals surface area (Å²) in [5, 5.41) is 3.52. The number of halogens is 1. The van der Waals surface area contributed by atoms with Crippen LogP contribution in [-0.4, -0.2) is 50.7 Å². The molecule has 0 aliphatic carbocycles. The Morgan fingerprint density at radius 2 is 2.09 bits per heavy atom. The maximum absolute atomic E-state index is 12.8. The van der Waals surface area contributed by atoms with Crippen molar-refractivity contribution in [2.75, 3.05) is 33.9 Å². The first-order chi connectivity index (χ1) is 10.2. The Morgan fingerprint density at radius 3 is 2.82 bits per heavy atom. The summed E-state index contributed by atoms with van der Waals surface area (Å²) in [6.45, 7) is 2.70. The van der Waals surface area contributed by atoms with Gasteiger partial charge in [-0.1, -0.05) is 0 Å². The van der Waals surface area contributed by atoms with Crippen LogP contribution in [0.15, 0.2) is 18.2 Å². The first kappa shape index (κ1) is 16.9. The van der Waals surface area contributed by atoms with Crippen molar-refractivity contribution in [2.45, 2.75) is 18.9 Å². The molecule has 22 heavy (non-hydrogen) atoms. The van der Waals surface area contributed by atoms with E-state index < -0.39 is 0 Å². The third-order valence-corrected chi connectivity index (χ3v) is 4.58. The van der Waals surface area contributed by atoms with Crippen molar-refractivity contribution >= 4 is 18.3 Å². The molecule has 0 spiro atoms. The number of benzene rings is 1. The molecule has 2 saturated heterocycles. The second kappa shape index (κ2) is 7.20. The number of rotatable bonds is 3. The fourth-order valence-corrected chi connectivity index (χ4v) is 3.38. The van der Waals surface area contributed by atoms with Crippen LogP contribution >= 0.6 is 12.4 Å². The van der Waals surface area contributed by atoms with E-state index in [0.29, 0.717) is 29.0 Å². The van der Waals surface area contributed by atoms with Gasteiger partial charge in [0.15, 0.2) is 0 Å². The van der Waals surface area contributed by atoms with E-state index in [2.05, 4.69) is 5.32 Å². The third kappa shape index (κ3) is 3.15. The number of nitrogens with zero attached hydrogens (tertiary/aromatic N) is 1. The zero-order valence-electron chi connectivity index (χ0n) is 13.0. The molecule has 1 aromatic rings. The Kier molecular flexibility index (Phi) is 5.53. The summed E-state index contributed by atoms with van der Waals surface area (Å²) in [6, 6.07) is 5.94. The maximum Gasteiger partial charge on any atom is 0.257 e. The molecule has 2 atom stereocenters. The lowest BCUT2D eigenvalue weighted by Gasteiger charge is -2.35. The van der Waals surface area contributed by atoms with E-state index in [1.54, 1.807) is 26.4 Å². The summed E-state index contributed by atoms with van der Waals surface area (Å²) in [7, 11) is 3.19. The number of likely N-dealkylation sites (tertiary alicyclic amines) is 1. The summed E-state index contributed by atoms with van der Waals surface area (Å²) < 4.78 is 10.6. The molecule has 5 nitrogen and oxygen atoms in total. The number of piperidine rings is 1. The minimum Gasteiger partial charge on any atom is -0.497 e. The number of ether oxygens (including phenoxy) is 2. The number of hydrogen-bond donors (Lipinski definition) is 1. The maximum atomic E-state index is 12.8. The van der Waals surface area contributed by atoms with Crippen LogP contribution in [0.5, 0.6) is 11.5 Å². The number of amides is 1. The van der Waals surface area contributed by atoms with Gasteiger partial charge in [-0.2, -0.15) is 0 Å². The summed E-state index contributed by atoms with van der Waals surface area (Å²) in [5.74, 6) is 1.90. The molecule has 1 N–H and O–H groups in total. The zero-order chi connectivity index (χ0) is 14.8. The van der Waals surface area contributed by atoms with Crippen LogP contribution in [0, 0.1) is 5.92 Å². The summed E-state index contributed by atoms with van der Waals surface area (Å²) in [5.41, 5.74) is 0.584. The Balaban J connectivity index is 0.00000176. The average Bonchev–Trinajstić information content (AvgIpc) is 3.01. The Hall–Kier alpha value is -1.46. The highest BCUT2D eigenvalue weighted by Crippen LogP contribution is 2.29. The van der Waals surface area contributed by atoms with Crippen molar-refractivity contribution in [3.63, 3.8) is 0 Å². The molecule has 2 aliphatic rings. The quantitative estimate of drug-likeness (QED) is 0.922. The second-order valence-corrected chi connectivity index (χ2v) is 5.72. The van der Waals surface area contributed by atoms with Gasteiger partial charge in [0.1, 0.15) is 11.5 Å². The molecule has 2 aliphatic heterocycles. The lowest BCUT2D eigenvalue weighted by Crippen LogP contribution is -2.46. The van der Waals surface area contributed by atoms with Crippen molar-refractivity contribution in [1.29, 1.82) is 0 Å². The van der Waals surface area contributed by atoms with Gasteiger partial charge < -0.3 is 19.7 Å². The first-order valence-corrected chi connectivity index (χ1v) is 7.47. The highest BCUT2D eigenvalue weighted by molar-refractivity contribution is 5.97. The molecule has 1 amide bonds. The molecule has 3 rings (SSSR count). The minimum atomic E-state index is 0. The molecule has 0 aromatic heterocycles. The number of hydrogen-bond acceptors (Lipinski definition) is 4. The fraction of sp³-hybridized carbons (Fsp3) is 0.562. The van der Waals surface area contributed by atoms with Crippen LogP contribution < -0.4 is 14.8 Å². The number of carbonyl (C=O) groups excluding carboxylic acids is 1. The third-order valence-electron chi connectivity index (χ3n) is 4.58. The van der Waals surface area contributed by atoms with E-state index in [9.17, 15) is 4.79 Å². The molecule has 122 valence electrons. The van der Waals surface area contributed by atoms with Gasteiger partial charge in [0, 0.05) is 19.1 Å². The Labute approximate surface area is 137 Å². The molecule has 0 saturated carbocycles. The summed E-state index contributed by atoms with van der Waals surface area (Å²) >= 11 is 0. The van der Waals surface area contributed by atoms with E-state index in [1.165, 1.54) is 0 Å². The highest BCUT2D eigenvalue weighted by Gasteiger charge is 2.35. The smallest absolute Gasteiger partial charge is 0.257 e. The standard InChI is InChI=1S/C16H22N2O3.ClH/c1-20-12-3-4-15(21-2)13(9-12)16(19)18-8-6-14-11(10-18)5-7-17-14;/h3-4,9,11,14,17H,5-8,10H2,1-2H3;1H. The van der Waals surface area contributed by atoms with Crippen molar-refractivity contribution in [3.8, 4) is 11.5 Å². The average molecular weight is 327 g/mol. The molecule has 0 radical (unpaired) electrons. The lowest BCUT2D eigenvalue weighted by molar-refractivity contribution is 0.0658. The first-order valence-electron chi connectivity index (χ1n) is 7.47. The van der Waals surface area contributed by atoms with Crippen molar-refractivity contribution < 1.29 is 14.3 Å². The van der Waals surface area contributed by atoms with Gasteiger partial charge in [0.25, 0.3) is 5.91 Å². The van der Waals surface area contributed by atoms with Crippen LogP contribution in [-0.2, 0) is 0 Å². The number of methoxy groups -OCH3 is 2. The minimum absolute atomic E-state index is 0. The molecular weight excluding hydrogens is 304 g/mol. The summed E-state index contributed by atoms with van der Waals surface area (Å²) in [4.78, 5) is 14.8. The van der Waals surface area contributed by atoms with Gasteiger partial charge in [0.05, 0.1) is 19.8 Å². The Bertz CT molecular complexity index is 538. The van der Waals surface area contributed by atoms with Gasteiger partial charge in [-0.15, -0.1) is 12.4 Å². The van der Waals surface area contributed by atoms with Crippen LogP contribution in [0.1, 0.15) is 23.2 Å². The topological polar surface area (TPSA) is 50.8 Å². The van der Waals surface area contributed by atoms with Gasteiger partial charge in [-0.25, -0.2) is 0 Å². The zero-order valence-corrected chi connectivity index (χ0v) is 13.8. The van der Waals surface area contributed by atoms with E-state index in [4.69, 9.17) is 9.47 Å². The normalized spacial score (nSPS) is 23.5. The lowest BCUT2D eigenvalue weighted by atomic mass is 9.93. The van der Waals surface area contributed by atoms with E-state index in [1.807, 2.05) is 11.0 Å². The van der Waals surface area contributed by atoms with Gasteiger partial charge in [0.2, 0.25) is 0 Å². The molecule has 6 heteroatoms. The molecule has 2 heterocycles. The molecule has 1 aromatic carbocycles. The van der Waals surface area contributed by atoms with Gasteiger partial charge >= 0.3 is 0 Å². The van der Waals surface area contributed by atoms with Gasteiger partial charge in [-0.05, 0) is 43.5 Å². The molecule has 0 bridgehead atoms. The highest BCUT2D eigenvalue weighted by atomic mass is 35.5. The van der Waals surface area contributed by atoms with E-state index >= 15 is 0 Å². The molecular formula is C16H23ClN2O3. The van der Waals surface area contributed by atoms with Crippen LogP contribution in [0.3, 0.4) is 0 Å². The molecule has 2 unspecified atom stereocenters. The van der Waals surface area contributed by atoms with Crippen molar-refractivity contribution in [1.82, 2.24) is 10.2 Å². The molecule has 2 fully saturated rings. The SMILES string of the molecule is COc1ccc(OC)c(C(=O)N2CCC3NCCC3C2)c1.Cl. The number of fused-ring (bicyclic) bond motifs is 1.